The van der Waals surface area contributed by atoms with Crippen LogP contribution < -0.4 is 15.8 Å². The van der Waals surface area contributed by atoms with Crippen LogP contribution in [0.5, 0.6) is 5.75 Å². The minimum atomic E-state index is -4.55. The number of nitro benzene ring substituents is 1. The van der Waals surface area contributed by atoms with Crippen molar-refractivity contribution in [3.05, 3.63) is 33.9 Å². The van der Waals surface area contributed by atoms with Crippen LogP contribution in [0.3, 0.4) is 0 Å². The van der Waals surface area contributed by atoms with E-state index in [0.717, 1.165) is 31.0 Å². The molecule has 0 spiro atoms. The predicted molar refractivity (Wildman–Crippen MR) is 82.3 cm³/mol. The highest BCUT2D eigenvalue weighted by atomic mass is 19.4. The molecule has 10 heteroatoms. The molecule has 0 radical (unpaired) electrons. The van der Waals surface area contributed by atoms with Crippen LogP contribution in [0.15, 0.2) is 18.2 Å². The Balaban J connectivity index is 2.20. The Morgan fingerprint density at radius 1 is 1.40 bits per heavy atom. The van der Waals surface area contributed by atoms with E-state index < -0.39 is 29.3 Å². The minimum Gasteiger partial charge on any atom is -0.484 e. The molecule has 0 heterocycles. The van der Waals surface area contributed by atoms with Crippen molar-refractivity contribution in [2.75, 3.05) is 13.2 Å². The van der Waals surface area contributed by atoms with E-state index in [0.29, 0.717) is 13.0 Å². The van der Waals surface area contributed by atoms with Crippen LogP contribution in [0, 0.1) is 16.0 Å². The van der Waals surface area contributed by atoms with E-state index >= 15 is 0 Å². The number of hydrogen-bond donors (Lipinski definition) is 2. The van der Waals surface area contributed by atoms with Crippen molar-refractivity contribution in [1.82, 2.24) is 5.32 Å². The second-order valence-electron chi connectivity index (χ2n) is 5.85. The minimum absolute atomic E-state index is 0.0765. The fourth-order valence-corrected chi connectivity index (χ4v) is 2.87. The molecule has 3 N–H and O–H groups in total. The van der Waals surface area contributed by atoms with Gasteiger partial charge in [-0.25, -0.2) is 0 Å². The van der Waals surface area contributed by atoms with Gasteiger partial charge in [-0.1, -0.05) is 6.42 Å². The zero-order valence-electron chi connectivity index (χ0n) is 13.2. The lowest BCUT2D eigenvalue weighted by Gasteiger charge is -2.19. The summed E-state index contributed by atoms with van der Waals surface area (Å²) in [5, 5.41) is 13.8. The Morgan fingerprint density at radius 2 is 2.12 bits per heavy atom. The molecule has 0 aromatic heterocycles. The van der Waals surface area contributed by atoms with Crippen molar-refractivity contribution < 1.29 is 27.6 Å². The lowest BCUT2D eigenvalue weighted by atomic mass is 10.0. The van der Waals surface area contributed by atoms with Gasteiger partial charge in [0.15, 0.2) is 6.61 Å². The SMILES string of the molecule is NCC1CCCC1NC(=O)c1cc(OCC(F)(F)F)ccc1[N+](=O)[O-]. The van der Waals surface area contributed by atoms with Gasteiger partial charge in [0.1, 0.15) is 11.3 Å². The number of nitrogens with one attached hydrogen (secondary N) is 1. The molecule has 25 heavy (non-hydrogen) atoms. The largest absolute Gasteiger partial charge is 0.484 e. The molecule has 1 fully saturated rings. The van der Waals surface area contributed by atoms with Crippen molar-refractivity contribution >= 4 is 11.6 Å². The van der Waals surface area contributed by atoms with Crippen LogP contribution in [0.1, 0.15) is 29.6 Å². The maximum absolute atomic E-state index is 12.4. The fraction of sp³-hybridized carbons (Fsp3) is 0.533. The van der Waals surface area contributed by atoms with E-state index in [9.17, 15) is 28.1 Å². The number of nitro groups is 1. The molecule has 0 saturated heterocycles. The summed E-state index contributed by atoms with van der Waals surface area (Å²) in [6.07, 6.45) is -2.13. The van der Waals surface area contributed by atoms with Crippen molar-refractivity contribution in [3.63, 3.8) is 0 Å². The van der Waals surface area contributed by atoms with Crippen LogP contribution in [0.25, 0.3) is 0 Å². The van der Waals surface area contributed by atoms with Gasteiger partial charge in [-0.05, 0) is 37.4 Å². The van der Waals surface area contributed by atoms with Gasteiger partial charge < -0.3 is 15.8 Å². The second kappa shape index (κ2) is 7.68. The van der Waals surface area contributed by atoms with Crippen LogP contribution >= 0.6 is 0 Å². The Labute approximate surface area is 141 Å². The van der Waals surface area contributed by atoms with Gasteiger partial charge >= 0.3 is 6.18 Å². The van der Waals surface area contributed by atoms with Crippen molar-refractivity contribution in [3.8, 4) is 5.75 Å². The Kier molecular flexibility index (Phi) is 5.83. The Morgan fingerprint density at radius 3 is 2.72 bits per heavy atom. The summed E-state index contributed by atoms with van der Waals surface area (Å²) in [5.41, 5.74) is 4.79. The zero-order valence-corrected chi connectivity index (χ0v) is 13.2. The summed E-state index contributed by atoms with van der Waals surface area (Å²) in [6.45, 7) is -1.18. The first-order chi connectivity index (χ1) is 11.7. The standard InChI is InChI=1S/C15H18F3N3O4/c16-15(17,18)8-25-10-4-5-13(21(23)24)11(6-10)14(22)20-12-3-1-2-9(12)7-19/h4-6,9,12H,1-3,7-8,19H2,(H,20,22). The van der Waals surface area contributed by atoms with Gasteiger partial charge in [0.2, 0.25) is 0 Å². The van der Waals surface area contributed by atoms with Gasteiger partial charge in [0.25, 0.3) is 11.6 Å². The summed E-state index contributed by atoms with van der Waals surface area (Å²) < 4.78 is 41.3. The summed E-state index contributed by atoms with van der Waals surface area (Å²) in [4.78, 5) is 22.7. The molecular weight excluding hydrogens is 343 g/mol. The summed E-state index contributed by atoms with van der Waals surface area (Å²) in [5.74, 6) is -0.919. The number of alkyl halides is 3. The summed E-state index contributed by atoms with van der Waals surface area (Å²) >= 11 is 0. The third-order valence-electron chi connectivity index (χ3n) is 4.09. The molecule has 1 amide bonds. The first-order valence-electron chi connectivity index (χ1n) is 7.70. The van der Waals surface area contributed by atoms with E-state index in [1.165, 1.54) is 0 Å². The maximum atomic E-state index is 12.4. The third-order valence-corrected chi connectivity index (χ3v) is 4.09. The molecule has 1 aromatic rings. The number of rotatable bonds is 6. The first-order valence-corrected chi connectivity index (χ1v) is 7.70. The van der Waals surface area contributed by atoms with Crippen LogP contribution in [0.2, 0.25) is 0 Å². The third kappa shape index (κ3) is 5.05. The second-order valence-corrected chi connectivity index (χ2v) is 5.85. The Bertz CT molecular complexity index is 651. The highest BCUT2D eigenvalue weighted by Crippen LogP contribution is 2.28. The van der Waals surface area contributed by atoms with Crippen molar-refractivity contribution in [2.45, 2.75) is 31.5 Å². The molecule has 1 aliphatic rings. The van der Waals surface area contributed by atoms with Crippen LogP contribution in [0.4, 0.5) is 18.9 Å². The average Bonchev–Trinajstić information content (AvgIpc) is 2.99. The number of carbonyl (C=O) groups is 1. The van der Waals surface area contributed by atoms with Gasteiger partial charge in [0.05, 0.1) is 4.92 Å². The molecule has 138 valence electrons. The average molecular weight is 361 g/mol. The number of ether oxygens (including phenoxy) is 1. The molecule has 2 unspecified atom stereocenters. The van der Waals surface area contributed by atoms with Crippen molar-refractivity contribution in [2.24, 2.45) is 11.7 Å². The normalized spacial score (nSPS) is 20.3. The lowest BCUT2D eigenvalue weighted by molar-refractivity contribution is -0.385. The first kappa shape index (κ1) is 19.0. The quantitative estimate of drug-likeness (QED) is 0.597. The van der Waals surface area contributed by atoms with Gasteiger partial charge in [-0.15, -0.1) is 0 Å². The monoisotopic (exact) mass is 361 g/mol. The number of hydrogen-bond acceptors (Lipinski definition) is 5. The fourth-order valence-electron chi connectivity index (χ4n) is 2.87. The molecule has 1 aliphatic carbocycles. The molecule has 1 aromatic carbocycles. The lowest BCUT2D eigenvalue weighted by Crippen LogP contribution is -2.40. The summed E-state index contributed by atoms with van der Waals surface area (Å²) in [6, 6.07) is 2.72. The van der Waals surface area contributed by atoms with Gasteiger partial charge in [-0.3, -0.25) is 14.9 Å². The van der Waals surface area contributed by atoms with E-state index in [1.54, 1.807) is 0 Å². The molecule has 0 aliphatic heterocycles. The molecule has 2 atom stereocenters. The van der Waals surface area contributed by atoms with Crippen molar-refractivity contribution in [1.29, 1.82) is 0 Å². The zero-order chi connectivity index (χ0) is 18.6. The van der Waals surface area contributed by atoms with Crippen LogP contribution in [-0.2, 0) is 0 Å². The molecule has 1 saturated carbocycles. The molecular formula is C15H18F3N3O4. The highest BCUT2D eigenvalue weighted by molar-refractivity contribution is 5.98. The Hall–Kier alpha value is -2.36. The maximum Gasteiger partial charge on any atom is 0.422 e. The number of nitrogens with zero attached hydrogens (tertiary/aromatic N) is 1. The molecule has 2 rings (SSSR count). The van der Waals surface area contributed by atoms with Gasteiger partial charge in [-0.2, -0.15) is 13.2 Å². The smallest absolute Gasteiger partial charge is 0.422 e. The summed E-state index contributed by atoms with van der Waals surface area (Å²) in [7, 11) is 0. The number of halogens is 3. The molecule has 0 bridgehead atoms. The predicted octanol–water partition coefficient (Wildman–Crippen LogP) is 2.39. The number of carbonyl (C=O) groups excluding carboxylic acids is 1. The highest BCUT2D eigenvalue weighted by Gasteiger charge is 2.31. The number of benzene rings is 1. The van der Waals surface area contributed by atoms with Gasteiger partial charge in [0, 0.05) is 12.1 Å². The van der Waals surface area contributed by atoms with E-state index in [1.807, 2.05) is 0 Å². The van der Waals surface area contributed by atoms with E-state index in [-0.39, 0.29) is 23.3 Å². The molecule has 7 nitrogen and oxygen atoms in total. The van der Waals surface area contributed by atoms with E-state index in [2.05, 4.69) is 10.1 Å². The van der Waals surface area contributed by atoms with Crippen LogP contribution in [-0.4, -0.2) is 36.2 Å². The topological polar surface area (TPSA) is 107 Å². The van der Waals surface area contributed by atoms with E-state index in [4.69, 9.17) is 5.73 Å². The number of amides is 1. The number of nitrogens with two attached hydrogens (primary N) is 1.